The number of alkyl halides is 14. The average Bonchev–Trinajstić information content (AvgIpc) is 2.78. The summed E-state index contributed by atoms with van der Waals surface area (Å²) in [5.41, 5.74) is 0. The van der Waals surface area contributed by atoms with Crippen LogP contribution in [0.25, 0.3) is 0 Å². The molecule has 0 N–H and O–H groups in total. The molecule has 0 aromatic heterocycles. The molecule has 4 nitrogen and oxygen atoms in total. The summed E-state index contributed by atoms with van der Waals surface area (Å²) in [6.45, 7) is -6.41. The first-order chi connectivity index (χ1) is 13.7. The van der Waals surface area contributed by atoms with Crippen LogP contribution < -0.4 is 0 Å². The van der Waals surface area contributed by atoms with Gasteiger partial charge in [0.2, 0.25) is 12.5 Å². The van der Waals surface area contributed by atoms with Gasteiger partial charge in [-0.1, -0.05) is 0 Å². The lowest BCUT2D eigenvalue weighted by Crippen LogP contribution is -2.60. The van der Waals surface area contributed by atoms with Crippen LogP contribution in [0, 0.1) is 0 Å². The van der Waals surface area contributed by atoms with E-state index in [-0.39, 0.29) is 0 Å². The van der Waals surface area contributed by atoms with E-state index in [1.807, 2.05) is 0 Å². The van der Waals surface area contributed by atoms with Gasteiger partial charge in [0.1, 0.15) is 0 Å². The lowest BCUT2D eigenvalue weighted by Gasteiger charge is -2.38. The Hall–Kier alpha value is -1.14. The van der Waals surface area contributed by atoms with Crippen LogP contribution >= 0.6 is 0 Å². The summed E-state index contributed by atoms with van der Waals surface area (Å²) in [4.78, 5) is -1.95. The number of hydrogen-bond donors (Lipinski definition) is 0. The van der Waals surface area contributed by atoms with Crippen LogP contribution in [0.4, 0.5) is 61.5 Å². The monoisotopic (exact) mass is 496 g/mol. The van der Waals surface area contributed by atoms with E-state index in [1.54, 1.807) is 0 Å². The van der Waals surface area contributed by atoms with Gasteiger partial charge in [-0.15, -0.1) is 0 Å². The zero-order valence-electron chi connectivity index (χ0n) is 14.9. The van der Waals surface area contributed by atoms with Crippen LogP contribution in [0.5, 0.6) is 0 Å². The standard InChI is InChI=1S/C13H14F14N2O2/c14-9(15,16)1-5-30-7(11(20,21)22)28-3-4-29(13(28,26)27)8(12(23,24)25)31-6-2-10(17,18)19/h7-8H,1-6H2. The molecule has 1 saturated heterocycles. The first kappa shape index (κ1) is 27.9. The molecule has 18 heteroatoms. The van der Waals surface area contributed by atoms with E-state index < -0.39 is 92.3 Å². The maximum Gasteiger partial charge on any atom is 0.428 e. The van der Waals surface area contributed by atoms with Crippen LogP contribution in [0.2, 0.25) is 0 Å². The molecule has 0 saturated carbocycles. The van der Waals surface area contributed by atoms with Crippen molar-refractivity contribution in [1.29, 1.82) is 0 Å². The molecule has 0 bridgehead atoms. The van der Waals surface area contributed by atoms with Crippen LogP contribution in [-0.2, 0) is 9.47 Å². The Morgan fingerprint density at radius 1 is 0.613 bits per heavy atom. The largest absolute Gasteiger partial charge is 0.428 e. The zero-order valence-corrected chi connectivity index (χ0v) is 14.9. The van der Waals surface area contributed by atoms with Gasteiger partial charge in [-0.3, -0.25) is 0 Å². The average molecular weight is 496 g/mol. The Balaban J connectivity index is 3.05. The second kappa shape index (κ2) is 9.38. The Bertz CT molecular complexity index is 523. The normalized spacial score (nSPS) is 21.5. The Kier molecular flexibility index (Phi) is 8.44. The highest BCUT2D eigenvalue weighted by atomic mass is 19.4. The molecule has 1 fully saturated rings. The third-order valence-corrected chi connectivity index (χ3v) is 3.72. The Labute approximate surface area is 164 Å². The quantitative estimate of drug-likeness (QED) is 0.354. The molecular weight excluding hydrogens is 482 g/mol. The summed E-state index contributed by atoms with van der Waals surface area (Å²) in [5.74, 6) is 0. The fraction of sp³-hybridized carbons (Fsp3) is 1.00. The van der Waals surface area contributed by atoms with Crippen molar-refractivity contribution < 1.29 is 70.9 Å². The summed E-state index contributed by atoms with van der Waals surface area (Å²) < 4.78 is 187. The van der Waals surface area contributed by atoms with Gasteiger partial charge >= 0.3 is 30.9 Å². The van der Waals surface area contributed by atoms with E-state index in [0.717, 1.165) is 0 Å². The van der Waals surface area contributed by atoms with Crippen molar-refractivity contribution in [2.24, 2.45) is 0 Å². The molecule has 2 unspecified atom stereocenters. The first-order valence-electron chi connectivity index (χ1n) is 8.08. The van der Waals surface area contributed by atoms with Gasteiger partial charge in [0.25, 0.3) is 0 Å². The molecule has 1 aliphatic heterocycles. The summed E-state index contributed by atoms with van der Waals surface area (Å²) in [5, 5.41) is 0. The second-order valence-electron chi connectivity index (χ2n) is 6.16. The van der Waals surface area contributed by atoms with E-state index in [1.165, 1.54) is 0 Å². The van der Waals surface area contributed by atoms with E-state index >= 15 is 0 Å². The van der Waals surface area contributed by atoms with Gasteiger partial charge in [-0.05, 0) is 0 Å². The fourth-order valence-electron chi connectivity index (χ4n) is 2.46. The molecule has 1 heterocycles. The SMILES string of the molecule is FC(F)(F)CCOC(N1CCN(C(OCCC(F)(F)F)C(F)(F)F)C1(F)F)C(F)(F)F. The number of halogens is 14. The topological polar surface area (TPSA) is 24.9 Å². The maximum absolute atomic E-state index is 14.4. The zero-order chi connectivity index (χ0) is 24.5. The lowest BCUT2D eigenvalue weighted by atomic mass is 10.4. The van der Waals surface area contributed by atoms with Crippen LogP contribution in [0.15, 0.2) is 0 Å². The number of hydrogen-bond acceptors (Lipinski definition) is 4. The first-order valence-corrected chi connectivity index (χ1v) is 8.08. The van der Waals surface area contributed by atoms with Gasteiger partial charge in [0.05, 0.1) is 26.1 Å². The molecule has 0 amide bonds. The molecule has 0 aliphatic carbocycles. The van der Waals surface area contributed by atoms with Crippen molar-refractivity contribution in [2.45, 2.75) is 56.2 Å². The highest BCUT2D eigenvalue weighted by molar-refractivity contribution is 4.89. The predicted octanol–water partition coefficient (Wildman–Crippen LogP) is 4.87. The molecule has 0 radical (unpaired) electrons. The van der Waals surface area contributed by atoms with E-state index in [0.29, 0.717) is 0 Å². The fourth-order valence-corrected chi connectivity index (χ4v) is 2.46. The van der Waals surface area contributed by atoms with Crippen LogP contribution in [-0.4, -0.2) is 79.4 Å². The molecule has 186 valence electrons. The highest BCUT2D eigenvalue weighted by Gasteiger charge is 2.64. The van der Waals surface area contributed by atoms with Crippen molar-refractivity contribution in [3.8, 4) is 0 Å². The molecule has 0 aromatic rings. The van der Waals surface area contributed by atoms with Crippen LogP contribution in [0.3, 0.4) is 0 Å². The predicted molar refractivity (Wildman–Crippen MR) is 71.3 cm³/mol. The van der Waals surface area contributed by atoms with Crippen molar-refractivity contribution in [3.63, 3.8) is 0 Å². The maximum atomic E-state index is 14.4. The van der Waals surface area contributed by atoms with Crippen LogP contribution in [0.1, 0.15) is 12.8 Å². The number of ether oxygens (including phenoxy) is 2. The summed E-state index contributed by atoms with van der Waals surface area (Å²) >= 11 is 0. The second-order valence-corrected chi connectivity index (χ2v) is 6.16. The lowest BCUT2D eigenvalue weighted by molar-refractivity contribution is -0.366. The van der Waals surface area contributed by atoms with Gasteiger partial charge in [0.15, 0.2) is 0 Å². The minimum Gasteiger partial charge on any atom is -0.353 e. The minimum absolute atomic E-state index is 0.977. The summed E-state index contributed by atoms with van der Waals surface area (Å²) in [6, 6.07) is 0. The van der Waals surface area contributed by atoms with Gasteiger partial charge in [-0.2, -0.15) is 71.3 Å². The van der Waals surface area contributed by atoms with Gasteiger partial charge in [-0.25, -0.2) is 0 Å². The van der Waals surface area contributed by atoms with E-state index in [4.69, 9.17) is 0 Å². The molecule has 0 aromatic carbocycles. The third-order valence-electron chi connectivity index (χ3n) is 3.72. The molecule has 1 aliphatic rings. The van der Waals surface area contributed by atoms with Gasteiger partial charge < -0.3 is 9.47 Å². The minimum atomic E-state index is -5.74. The smallest absolute Gasteiger partial charge is 0.353 e. The molecule has 0 spiro atoms. The van der Waals surface area contributed by atoms with E-state index in [2.05, 4.69) is 9.47 Å². The highest BCUT2D eigenvalue weighted by Crippen LogP contribution is 2.42. The van der Waals surface area contributed by atoms with E-state index in [9.17, 15) is 61.5 Å². The van der Waals surface area contributed by atoms with Crippen molar-refractivity contribution in [3.05, 3.63) is 0 Å². The van der Waals surface area contributed by atoms with Gasteiger partial charge in [0, 0.05) is 13.1 Å². The Morgan fingerprint density at radius 3 is 1.13 bits per heavy atom. The number of rotatable bonds is 8. The van der Waals surface area contributed by atoms with Crippen molar-refractivity contribution in [1.82, 2.24) is 9.80 Å². The molecule has 1 rings (SSSR count). The Morgan fingerprint density at radius 2 is 0.903 bits per heavy atom. The molecule has 31 heavy (non-hydrogen) atoms. The third kappa shape index (κ3) is 8.38. The molecular formula is C13H14F14N2O2. The summed E-state index contributed by atoms with van der Waals surface area (Å²) in [7, 11) is 0. The molecule has 2 atom stereocenters. The summed E-state index contributed by atoms with van der Waals surface area (Å²) in [6.07, 6.45) is -38.0. The number of nitrogens with zero attached hydrogens (tertiary/aromatic N) is 2. The van der Waals surface area contributed by atoms with Crippen molar-refractivity contribution in [2.75, 3.05) is 26.3 Å². The van der Waals surface area contributed by atoms with Crippen molar-refractivity contribution >= 4 is 0 Å².